The molecule has 1 aromatic carbocycles. The summed E-state index contributed by atoms with van der Waals surface area (Å²) in [6.45, 7) is 2.80. The van der Waals surface area contributed by atoms with Gasteiger partial charge in [-0.25, -0.2) is 32.5 Å². The van der Waals surface area contributed by atoms with Gasteiger partial charge in [0.25, 0.3) is 0 Å². The van der Waals surface area contributed by atoms with Gasteiger partial charge in [-0.1, -0.05) is 18.2 Å². The van der Waals surface area contributed by atoms with E-state index in [1.807, 2.05) is 25.1 Å². The highest BCUT2D eigenvalue weighted by Gasteiger charge is 2.36. The summed E-state index contributed by atoms with van der Waals surface area (Å²) in [4.78, 5) is 25.8. The van der Waals surface area contributed by atoms with Crippen molar-refractivity contribution in [2.45, 2.75) is 38.5 Å². The van der Waals surface area contributed by atoms with Crippen LogP contribution < -0.4 is 5.32 Å². The first-order valence-corrected chi connectivity index (χ1v) is 14.9. The van der Waals surface area contributed by atoms with E-state index in [1.54, 1.807) is 7.05 Å². The number of nitrogens with zero attached hydrogens (tertiary/aromatic N) is 5. The molecular weight excluding hydrogens is 569 g/mol. The molecule has 0 bridgehead atoms. The molecule has 1 aliphatic heterocycles. The van der Waals surface area contributed by atoms with E-state index in [1.165, 1.54) is 22.5 Å². The fourth-order valence-electron chi connectivity index (χ4n) is 4.43. The summed E-state index contributed by atoms with van der Waals surface area (Å²) in [6.07, 6.45) is -0.927. The Morgan fingerprint density at radius 1 is 1.23 bits per heavy atom. The van der Waals surface area contributed by atoms with Crippen molar-refractivity contribution in [3.05, 3.63) is 47.3 Å². The number of carbonyl (C=O) groups is 1. The Labute approximate surface area is 234 Å². The lowest BCUT2D eigenvalue weighted by atomic mass is 10.1. The largest absolute Gasteiger partial charge is 0.453 e. The molecule has 0 saturated carbocycles. The van der Waals surface area contributed by atoms with Crippen LogP contribution in [-0.2, 0) is 27.5 Å². The Balaban J connectivity index is 1.57. The summed E-state index contributed by atoms with van der Waals surface area (Å²) in [7, 11) is -0.381. The molecule has 0 unspecified atom stereocenters. The van der Waals surface area contributed by atoms with E-state index in [-0.39, 0.29) is 22.6 Å². The highest BCUT2D eigenvalue weighted by Crippen LogP contribution is 2.40. The molecule has 0 atom stereocenters. The van der Waals surface area contributed by atoms with Crippen molar-refractivity contribution in [1.82, 2.24) is 24.2 Å². The van der Waals surface area contributed by atoms with Crippen LogP contribution in [-0.4, -0.2) is 78.2 Å². The second-order valence-electron chi connectivity index (χ2n) is 9.54. The average molecular weight is 599 g/mol. The second kappa shape index (κ2) is 11.7. The number of alkyl halides is 3. The number of rotatable bonds is 7. The van der Waals surface area contributed by atoms with Crippen LogP contribution in [0.5, 0.6) is 0 Å². The Bertz CT molecular complexity index is 1490. The zero-order valence-corrected chi connectivity index (χ0v) is 24.0. The van der Waals surface area contributed by atoms with E-state index >= 15 is 0 Å². The smallest absolute Gasteiger partial charge is 0.420 e. The third kappa shape index (κ3) is 6.88. The van der Waals surface area contributed by atoms with Crippen LogP contribution >= 0.6 is 11.3 Å². The third-order valence-corrected chi connectivity index (χ3v) is 8.86. The summed E-state index contributed by atoms with van der Waals surface area (Å²) in [5, 5.41) is 3.58. The van der Waals surface area contributed by atoms with Gasteiger partial charge in [0.05, 0.1) is 23.9 Å². The summed E-state index contributed by atoms with van der Waals surface area (Å²) < 4.78 is 71.3. The molecule has 0 aliphatic carbocycles. The maximum atomic E-state index is 13.9. The molecule has 1 amide bonds. The van der Waals surface area contributed by atoms with Gasteiger partial charge in [-0.05, 0) is 30.9 Å². The number of nitrogens with one attached hydrogen (secondary N) is 1. The normalized spacial score (nSPS) is 15.2. The number of aryl methyl sites for hydroxylation is 1. The molecule has 1 aliphatic rings. The van der Waals surface area contributed by atoms with E-state index in [9.17, 15) is 26.4 Å². The number of anilines is 1. The predicted octanol–water partition coefficient (Wildman–Crippen LogP) is 4.63. The summed E-state index contributed by atoms with van der Waals surface area (Å²) in [5.74, 6) is 0.0333. The fraction of sp³-hybridized carbons (Fsp3) is 0.440. The zero-order valence-electron chi connectivity index (χ0n) is 22.3. The Morgan fingerprint density at radius 2 is 1.93 bits per heavy atom. The maximum absolute atomic E-state index is 13.9. The lowest BCUT2D eigenvalue weighted by Gasteiger charge is -2.30. The van der Waals surface area contributed by atoms with Crippen molar-refractivity contribution in [1.29, 1.82) is 0 Å². The molecule has 40 heavy (non-hydrogen) atoms. The van der Waals surface area contributed by atoms with Crippen LogP contribution in [0, 0.1) is 6.92 Å². The number of piperidine rings is 1. The SMILES string of the molecule is COC(=O)N(C)Cc1ccc(-c2ncc(-c3nc(NC4CCN(S(C)(=O)=O)CC4)ncc3C(F)(F)F)s2)c(C)c1. The first kappa shape index (κ1) is 29.7. The van der Waals surface area contributed by atoms with Crippen LogP contribution in [0.4, 0.5) is 23.9 Å². The minimum atomic E-state index is -4.68. The molecule has 10 nitrogen and oxygen atoms in total. The lowest BCUT2D eigenvalue weighted by molar-refractivity contribution is -0.137. The van der Waals surface area contributed by atoms with Gasteiger partial charge in [0.1, 0.15) is 10.6 Å². The second-order valence-corrected chi connectivity index (χ2v) is 12.6. The van der Waals surface area contributed by atoms with Gasteiger partial charge in [-0.3, -0.25) is 0 Å². The number of methoxy groups -OCH3 is 1. The van der Waals surface area contributed by atoms with Crippen molar-refractivity contribution < 1.29 is 31.1 Å². The van der Waals surface area contributed by atoms with Crippen LogP contribution in [0.3, 0.4) is 0 Å². The quantitative estimate of drug-likeness (QED) is 0.419. The Kier molecular flexibility index (Phi) is 8.66. The first-order valence-electron chi connectivity index (χ1n) is 12.3. The molecule has 1 fully saturated rings. The number of benzene rings is 1. The minimum absolute atomic E-state index is 0.0333. The van der Waals surface area contributed by atoms with Gasteiger partial charge in [0.2, 0.25) is 16.0 Å². The van der Waals surface area contributed by atoms with Gasteiger partial charge in [-0.15, -0.1) is 11.3 Å². The monoisotopic (exact) mass is 598 g/mol. The number of thiazole rings is 1. The standard InChI is InChI=1S/C25H29F3N6O4S2/c1-15-11-16(14-33(2)24(35)38-3)5-6-18(15)22-29-13-20(39-22)21-19(25(26,27)28)12-30-23(32-21)31-17-7-9-34(10-8-17)40(4,36)37/h5-6,11-13,17H,7-10,14H2,1-4H3,(H,30,31,32). The summed E-state index contributed by atoms with van der Waals surface area (Å²) in [5.41, 5.74) is 1.20. The molecule has 216 valence electrons. The van der Waals surface area contributed by atoms with Gasteiger partial charge in [0.15, 0.2) is 0 Å². The molecule has 4 rings (SSSR count). The van der Waals surface area contributed by atoms with E-state index in [0.29, 0.717) is 37.5 Å². The number of amides is 1. The van der Waals surface area contributed by atoms with E-state index in [2.05, 4.69) is 20.3 Å². The van der Waals surface area contributed by atoms with Crippen molar-refractivity contribution in [2.24, 2.45) is 0 Å². The number of carbonyl (C=O) groups excluding carboxylic acids is 1. The maximum Gasteiger partial charge on any atom is 0.420 e. The van der Waals surface area contributed by atoms with Crippen LogP contribution in [0.1, 0.15) is 29.5 Å². The molecule has 2 aromatic heterocycles. The number of sulfonamides is 1. The summed E-state index contributed by atoms with van der Waals surface area (Å²) >= 11 is 1.08. The number of hydrogen-bond donors (Lipinski definition) is 1. The predicted molar refractivity (Wildman–Crippen MR) is 145 cm³/mol. The lowest BCUT2D eigenvalue weighted by Crippen LogP contribution is -2.42. The zero-order chi connectivity index (χ0) is 29.2. The number of halogens is 3. The first-order chi connectivity index (χ1) is 18.8. The topological polar surface area (TPSA) is 118 Å². The van der Waals surface area contributed by atoms with Crippen molar-refractivity contribution in [3.63, 3.8) is 0 Å². The Hall–Kier alpha value is -3.30. The van der Waals surface area contributed by atoms with Crippen molar-refractivity contribution in [3.8, 4) is 21.1 Å². The van der Waals surface area contributed by atoms with Crippen molar-refractivity contribution in [2.75, 3.05) is 38.8 Å². The number of ether oxygens (including phenoxy) is 1. The molecule has 1 N–H and O–H groups in total. The molecule has 1 saturated heterocycles. The molecule has 0 radical (unpaired) electrons. The van der Waals surface area contributed by atoms with E-state index in [4.69, 9.17) is 4.74 Å². The average Bonchev–Trinajstić information content (AvgIpc) is 3.37. The minimum Gasteiger partial charge on any atom is -0.453 e. The van der Waals surface area contributed by atoms with Gasteiger partial charge in [0, 0.05) is 50.7 Å². The molecular formula is C25H29F3N6O4S2. The number of aromatic nitrogens is 3. The van der Waals surface area contributed by atoms with Crippen LogP contribution in [0.15, 0.2) is 30.6 Å². The molecule has 3 heterocycles. The highest BCUT2D eigenvalue weighted by atomic mass is 32.2. The third-order valence-electron chi connectivity index (χ3n) is 6.52. The van der Waals surface area contributed by atoms with Crippen LogP contribution in [0.2, 0.25) is 0 Å². The van der Waals surface area contributed by atoms with Gasteiger partial charge >= 0.3 is 12.3 Å². The summed E-state index contributed by atoms with van der Waals surface area (Å²) in [6, 6.07) is 5.35. The van der Waals surface area contributed by atoms with Crippen molar-refractivity contribution >= 4 is 33.4 Å². The van der Waals surface area contributed by atoms with Gasteiger partial charge in [-0.2, -0.15) is 13.2 Å². The van der Waals surface area contributed by atoms with E-state index in [0.717, 1.165) is 40.5 Å². The number of hydrogen-bond acceptors (Lipinski definition) is 9. The Morgan fingerprint density at radius 3 is 2.52 bits per heavy atom. The molecule has 0 spiro atoms. The van der Waals surface area contributed by atoms with Gasteiger partial charge < -0.3 is 15.0 Å². The molecule has 3 aromatic rings. The highest BCUT2D eigenvalue weighted by molar-refractivity contribution is 7.88. The van der Waals surface area contributed by atoms with Crippen LogP contribution in [0.25, 0.3) is 21.1 Å². The fourth-order valence-corrected chi connectivity index (χ4v) is 6.31. The van der Waals surface area contributed by atoms with E-state index < -0.39 is 27.9 Å². The molecule has 15 heteroatoms.